The normalized spacial score (nSPS) is 12.2. The topological polar surface area (TPSA) is 40.2 Å². The summed E-state index contributed by atoms with van der Waals surface area (Å²) in [5.74, 6) is 0. The Kier molecular flexibility index (Phi) is 2.97. The number of nitrogens with zero attached hydrogens (tertiary/aromatic N) is 1. The molecule has 1 aromatic carbocycles. The van der Waals surface area contributed by atoms with E-state index in [1.54, 1.807) is 29.0 Å². The van der Waals surface area contributed by atoms with Gasteiger partial charge in [0.25, 0.3) is 0 Å². The lowest BCUT2D eigenvalue weighted by molar-refractivity contribution is -0.181. The van der Waals surface area contributed by atoms with Gasteiger partial charge in [-0.25, -0.2) is 0 Å². The van der Waals surface area contributed by atoms with E-state index in [9.17, 15) is 13.2 Å². The molecule has 0 atom stereocenters. The average molecular weight is 244 g/mol. The molecular formula is C11H11F3N2O. The fourth-order valence-electron chi connectivity index (χ4n) is 1.66. The number of aromatic nitrogens is 1. The molecule has 0 bridgehead atoms. The van der Waals surface area contributed by atoms with Crippen molar-refractivity contribution < 1.29 is 17.9 Å². The molecular weight excluding hydrogens is 233 g/mol. The Labute approximate surface area is 95.6 Å². The number of alkyl halides is 3. The van der Waals surface area contributed by atoms with Crippen LogP contribution in [0, 0.1) is 0 Å². The number of halogens is 3. The van der Waals surface area contributed by atoms with Crippen LogP contribution in [0.2, 0.25) is 0 Å². The summed E-state index contributed by atoms with van der Waals surface area (Å²) >= 11 is 0. The zero-order valence-corrected chi connectivity index (χ0v) is 8.87. The molecule has 3 nitrogen and oxygen atoms in total. The second-order valence-electron chi connectivity index (χ2n) is 3.66. The predicted octanol–water partition coefficient (Wildman–Crippen LogP) is 2.76. The summed E-state index contributed by atoms with van der Waals surface area (Å²) in [6.45, 7) is -1.43. The summed E-state index contributed by atoms with van der Waals surface area (Å²) < 4.78 is 41.9. The van der Waals surface area contributed by atoms with Gasteiger partial charge in [0.05, 0.1) is 11.2 Å². The molecule has 17 heavy (non-hydrogen) atoms. The highest BCUT2D eigenvalue weighted by Crippen LogP contribution is 2.22. The molecule has 6 heteroatoms. The van der Waals surface area contributed by atoms with Gasteiger partial charge in [0, 0.05) is 11.6 Å². The third-order valence-corrected chi connectivity index (χ3v) is 2.32. The lowest BCUT2D eigenvalue weighted by Crippen LogP contribution is -2.18. The molecule has 1 heterocycles. The molecule has 0 spiro atoms. The second-order valence-corrected chi connectivity index (χ2v) is 3.66. The molecule has 0 radical (unpaired) electrons. The Bertz CT molecular complexity index is 519. The lowest BCUT2D eigenvalue weighted by atomic mass is 10.2. The Morgan fingerprint density at radius 3 is 2.71 bits per heavy atom. The van der Waals surface area contributed by atoms with Gasteiger partial charge in [0.15, 0.2) is 0 Å². The minimum absolute atomic E-state index is 0.169. The molecule has 0 fully saturated rings. The van der Waals surface area contributed by atoms with E-state index in [2.05, 4.69) is 4.74 Å². The van der Waals surface area contributed by atoms with E-state index in [-0.39, 0.29) is 6.73 Å². The van der Waals surface area contributed by atoms with E-state index < -0.39 is 12.8 Å². The van der Waals surface area contributed by atoms with E-state index in [0.29, 0.717) is 11.2 Å². The summed E-state index contributed by atoms with van der Waals surface area (Å²) in [4.78, 5) is 0. The van der Waals surface area contributed by atoms with Gasteiger partial charge in [0.2, 0.25) is 0 Å². The van der Waals surface area contributed by atoms with Crippen LogP contribution in [0.15, 0.2) is 30.5 Å². The smallest absolute Gasteiger partial charge is 0.397 e. The summed E-state index contributed by atoms with van der Waals surface area (Å²) in [5.41, 5.74) is 6.97. The number of nitrogen functional groups attached to an aromatic ring is 1. The highest BCUT2D eigenvalue weighted by molar-refractivity contribution is 5.90. The Morgan fingerprint density at radius 2 is 2.00 bits per heavy atom. The van der Waals surface area contributed by atoms with Crippen LogP contribution in [0.5, 0.6) is 0 Å². The monoisotopic (exact) mass is 244 g/mol. The van der Waals surface area contributed by atoms with Crippen molar-refractivity contribution in [3.05, 3.63) is 30.5 Å². The molecule has 0 saturated heterocycles. The van der Waals surface area contributed by atoms with Gasteiger partial charge in [0.1, 0.15) is 13.3 Å². The van der Waals surface area contributed by atoms with Gasteiger partial charge in [-0.2, -0.15) is 13.2 Å². The zero-order chi connectivity index (χ0) is 12.5. The van der Waals surface area contributed by atoms with Gasteiger partial charge in [-0.1, -0.05) is 12.1 Å². The molecule has 0 aliphatic rings. The summed E-state index contributed by atoms with van der Waals surface area (Å²) in [7, 11) is 0. The van der Waals surface area contributed by atoms with E-state index >= 15 is 0 Å². The first-order chi connectivity index (χ1) is 7.97. The Morgan fingerprint density at radius 1 is 1.24 bits per heavy atom. The number of para-hydroxylation sites is 1. The van der Waals surface area contributed by atoms with Crippen molar-refractivity contribution >= 4 is 16.6 Å². The highest BCUT2D eigenvalue weighted by atomic mass is 19.4. The van der Waals surface area contributed by atoms with Crippen molar-refractivity contribution in [3.8, 4) is 0 Å². The fourth-order valence-corrected chi connectivity index (χ4v) is 1.66. The fraction of sp³-hybridized carbons (Fsp3) is 0.273. The molecule has 2 aromatic rings. The second kappa shape index (κ2) is 4.29. The molecule has 0 aliphatic heterocycles. The van der Waals surface area contributed by atoms with Gasteiger partial charge in [-0.3, -0.25) is 0 Å². The molecule has 0 unspecified atom stereocenters. The van der Waals surface area contributed by atoms with Crippen LogP contribution in [0.4, 0.5) is 18.9 Å². The van der Waals surface area contributed by atoms with E-state index in [4.69, 9.17) is 5.73 Å². The van der Waals surface area contributed by atoms with Crippen LogP contribution in [-0.2, 0) is 11.5 Å². The van der Waals surface area contributed by atoms with Crippen LogP contribution in [-0.4, -0.2) is 17.4 Å². The number of hydrogen-bond donors (Lipinski definition) is 1. The van der Waals surface area contributed by atoms with Crippen molar-refractivity contribution in [1.29, 1.82) is 0 Å². The molecule has 92 valence electrons. The Hall–Kier alpha value is -1.69. The maximum atomic E-state index is 11.9. The minimum atomic E-state index is -4.31. The first kappa shape index (κ1) is 11.8. The largest absolute Gasteiger partial charge is 0.411 e. The summed E-state index contributed by atoms with van der Waals surface area (Å²) in [6.07, 6.45) is -2.66. The lowest BCUT2D eigenvalue weighted by Gasteiger charge is -2.10. The number of ether oxygens (including phenoxy) is 1. The van der Waals surface area contributed by atoms with Crippen LogP contribution in [0.25, 0.3) is 10.9 Å². The summed E-state index contributed by atoms with van der Waals surface area (Å²) in [6, 6.07) is 7.11. The molecule has 2 rings (SSSR count). The zero-order valence-electron chi connectivity index (χ0n) is 8.87. The molecule has 0 aliphatic carbocycles. The van der Waals surface area contributed by atoms with E-state index in [1.807, 2.05) is 6.07 Å². The van der Waals surface area contributed by atoms with Crippen molar-refractivity contribution in [2.24, 2.45) is 0 Å². The van der Waals surface area contributed by atoms with Crippen LogP contribution < -0.4 is 5.73 Å². The SMILES string of the molecule is Nc1cccc2ccn(COCC(F)(F)F)c12. The van der Waals surface area contributed by atoms with Crippen LogP contribution >= 0.6 is 0 Å². The number of hydrogen-bond acceptors (Lipinski definition) is 2. The van der Waals surface area contributed by atoms with Crippen LogP contribution in [0.3, 0.4) is 0 Å². The van der Waals surface area contributed by atoms with E-state index in [1.165, 1.54) is 0 Å². The van der Waals surface area contributed by atoms with Gasteiger partial charge < -0.3 is 15.0 Å². The molecule has 0 saturated carbocycles. The number of nitrogens with two attached hydrogens (primary N) is 1. The standard InChI is InChI=1S/C11H11F3N2O/c12-11(13,14)6-17-7-16-5-4-8-2-1-3-9(15)10(8)16/h1-5H,6-7,15H2. The first-order valence-electron chi connectivity index (χ1n) is 4.95. The summed E-state index contributed by atoms with van der Waals surface area (Å²) in [5, 5.41) is 0.876. The highest BCUT2D eigenvalue weighted by Gasteiger charge is 2.27. The molecule has 1 aromatic heterocycles. The van der Waals surface area contributed by atoms with Gasteiger partial charge in [-0.15, -0.1) is 0 Å². The van der Waals surface area contributed by atoms with Crippen molar-refractivity contribution in [2.45, 2.75) is 12.9 Å². The number of fused-ring (bicyclic) bond motifs is 1. The van der Waals surface area contributed by atoms with Crippen LogP contribution in [0.1, 0.15) is 0 Å². The quantitative estimate of drug-likeness (QED) is 0.843. The predicted molar refractivity (Wildman–Crippen MR) is 58.4 cm³/mol. The maximum absolute atomic E-state index is 11.9. The van der Waals surface area contributed by atoms with Crippen molar-refractivity contribution in [3.63, 3.8) is 0 Å². The molecule has 0 amide bonds. The minimum Gasteiger partial charge on any atom is -0.397 e. The average Bonchev–Trinajstić information content (AvgIpc) is 2.61. The third-order valence-electron chi connectivity index (χ3n) is 2.32. The van der Waals surface area contributed by atoms with Gasteiger partial charge >= 0.3 is 6.18 Å². The number of anilines is 1. The van der Waals surface area contributed by atoms with Crippen molar-refractivity contribution in [1.82, 2.24) is 4.57 Å². The van der Waals surface area contributed by atoms with E-state index in [0.717, 1.165) is 5.39 Å². The number of benzene rings is 1. The van der Waals surface area contributed by atoms with Gasteiger partial charge in [-0.05, 0) is 12.1 Å². The Balaban J connectivity index is 2.14. The maximum Gasteiger partial charge on any atom is 0.411 e. The number of rotatable bonds is 3. The molecule has 2 N–H and O–H groups in total. The third kappa shape index (κ3) is 2.71. The van der Waals surface area contributed by atoms with Crippen molar-refractivity contribution in [2.75, 3.05) is 12.3 Å². The first-order valence-corrected chi connectivity index (χ1v) is 4.95.